The van der Waals surface area contributed by atoms with Gasteiger partial charge in [0.15, 0.2) is 0 Å². The summed E-state index contributed by atoms with van der Waals surface area (Å²) in [5, 5.41) is 4.01. The Balaban J connectivity index is 2.12. The van der Waals surface area contributed by atoms with Gasteiger partial charge in [0.2, 0.25) is 0 Å². The molecule has 2 unspecified atom stereocenters. The molecule has 0 aliphatic heterocycles. The van der Waals surface area contributed by atoms with Gasteiger partial charge in [0.05, 0.1) is 0 Å². The summed E-state index contributed by atoms with van der Waals surface area (Å²) in [6.45, 7) is 3.85. The van der Waals surface area contributed by atoms with Crippen LogP contribution in [0.3, 0.4) is 0 Å². The minimum absolute atomic E-state index is 0.00568. The van der Waals surface area contributed by atoms with Crippen molar-refractivity contribution in [3.63, 3.8) is 0 Å². The standard InChI is InChI=1S/C11H16FNS/c1-10(2)9(13)6-11(10,12)5-8-3-4-14-7-8/h3-4,7,9H,5-6,13H2,1-2H3. The van der Waals surface area contributed by atoms with Crippen molar-refractivity contribution in [2.24, 2.45) is 11.1 Å². The predicted octanol–water partition coefficient (Wildman–Crippen LogP) is 2.76. The number of halogens is 1. The van der Waals surface area contributed by atoms with Gasteiger partial charge >= 0.3 is 0 Å². The summed E-state index contributed by atoms with van der Waals surface area (Å²) in [6.07, 6.45) is 1.01. The smallest absolute Gasteiger partial charge is 0.123 e. The zero-order chi connectivity index (χ0) is 10.4. The fourth-order valence-electron chi connectivity index (χ4n) is 2.08. The van der Waals surface area contributed by atoms with E-state index in [4.69, 9.17) is 5.73 Å². The topological polar surface area (TPSA) is 26.0 Å². The van der Waals surface area contributed by atoms with E-state index in [2.05, 4.69) is 0 Å². The lowest BCUT2D eigenvalue weighted by atomic mass is 9.55. The lowest BCUT2D eigenvalue weighted by molar-refractivity contribution is -0.100. The van der Waals surface area contributed by atoms with Gasteiger partial charge in [0.1, 0.15) is 5.67 Å². The number of rotatable bonds is 2. The second-order valence-corrected chi connectivity index (χ2v) is 5.59. The van der Waals surface area contributed by atoms with Gasteiger partial charge in [-0.15, -0.1) is 0 Å². The Morgan fingerprint density at radius 2 is 2.36 bits per heavy atom. The van der Waals surface area contributed by atoms with E-state index < -0.39 is 5.67 Å². The normalized spacial score (nSPS) is 35.3. The summed E-state index contributed by atoms with van der Waals surface area (Å²) in [6, 6.07) is 2.00. The molecule has 1 aliphatic carbocycles. The van der Waals surface area contributed by atoms with E-state index >= 15 is 0 Å². The summed E-state index contributed by atoms with van der Waals surface area (Å²) >= 11 is 1.62. The summed E-state index contributed by atoms with van der Waals surface area (Å²) < 4.78 is 14.4. The molecule has 0 radical (unpaired) electrons. The highest BCUT2D eigenvalue weighted by Crippen LogP contribution is 2.53. The van der Waals surface area contributed by atoms with E-state index in [1.165, 1.54) is 0 Å². The van der Waals surface area contributed by atoms with Crippen molar-refractivity contribution in [1.82, 2.24) is 0 Å². The Morgan fingerprint density at radius 3 is 2.79 bits per heavy atom. The van der Waals surface area contributed by atoms with Gasteiger partial charge in [0, 0.05) is 17.9 Å². The van der Waals surface area contributed by atoms with Crippen LogP contribution in [0.25, 0.3) is 0 Å². The van der Waals surface area contributed by atoms with Gasteiger partial charge in [-0.1, -0.05) is 13.8 Å². The fourth-order valence-corrected chi connectivity index (χ4v) is 2.75. The molecule has 0 spiro atoms. The molecular weight excluding hydrogens is 197 g/mol. The van der Waals surface area contributed by atoms with Crippen LogP contribution in [0.5, 0.6) is 0 Å². The number of nitrogens with two attached hydrogens (primary N) is 1. The van der Waals surface area contributed by atoms with Gasteiger partial charge in [-0.2, -0.15) is 11.3 Å². The van der Waals surface area contributed by atoms with Gasteiger partial charge in [-0.05, 0) is 28.8 Å². The molecule has 0 saturated heterocycles. The van der Waals surface area contributed by atoms with Crippen LogP contribution in [0, 0.1) is 5.41 Å². The van der Waals surface area contributed by atoms with Crippen molar-refractivity contribution in [3.05, 3.63) is 22.4 Å². The first-order valence-corrected chi connectivity index (χ1v) is 5.85. The zero-order valence-corrected chi connectivity index (χ0v) is 9.40. The molecule has 1 aromatic heterocycles. The largest absolute Gasteiger partial charge is 0.327 e. The Labute approximate surface area is 88.1 Å². The van der Waals surface area contributed by atoms with E-state index in [1.54, 1.807) is 11.3 Å². The van der Waals surface area contributed by atoms with Crippen molar-refractivity contribution >= 4 is 11.3 Å². The molecular formula is C11H16FNS. The van der Waals surface area contributed by atoms with Crippen LogP contribution in [0.2, 0.25) is 0 Å². The fraction of sp³-hybridized carbons (Fsp3) is 0.636. The van der Waals surface area contributed by atoms with Crippen molar-refractivity contribution < 1.29 is 4.39 Å². The summed E-state index contributed by atoms with van der Waals surface area (Å²) in [7, 11) is 0. The molecule has 1 heterocycles. The van der Waals surface area contributed by atoms with Gasteiger partial charge < -0.3 is 5.73 Å². The average molecular weight is 213 g/mol. The first-order chi connectivity index (χ1) is 6.46. The Kier molecular flexibility index (Phi) is 2.20. The number of thiophene rings is 1. The van der Waals surface area contributed by atoms with Crippen molar-refractivity contribution in [2.75, 3.05) is 0 Å². The van der Waals surface area contributed by atoms with Crippen LogP contribution < -0.4 is 5.73 Å². The van der Waals surface area contributed by atoms with Gasteiger partial charge in [-0.3, -0.25) is 0 Å². The lowest BCUT2D eigenvalue weighted by Gasteiger charge is -2.55. The SMILES string of the molecule is CC1(C)C(N)CC1(F)Cc1ccsc1. The number of hydrogen-bond donors (Lipinski definition) is 1. The minimum atomic E-state index is -1.10. The highest BCUT2D eigenvalue weighted by molar-refractivity contribution is 7.07. The summed E-state index contributed by atoms with van der Waals surface area (Å²) in [5.41, 5.74) is 5.43. The van der Waals surface area contributed by atoms with Crippen LogP contribution >= 0.6 is 11.3 Å². The molecule has 1 saturated carbocycles. The van der Waals surface area contributed by atoms with E-state index in [0.29, 0.717) is 12.8 Å². The summed E-state index contributed by atoms with van der Waals surface area (Å²) in [5.74, 6) is 0. The quantitative estimate of drug-likeness (QED) is 0.803. The maximum atomic E-state index is 14.4. The second-order valence-electron chi connectivity index (χ2n) is 4.81. The third-order valence-electron chi connectivity index (χ3n) is 3.69. The minimum Gasteiger partial charge on any atom is -0.327 e. The molecule has 1 fully saturated rings. The molecule has 1 aromatic rings. The molecule has 0 bridgehead atoms. The van der Waals surface area contributed by atoms with Crippen LogP contribution in [0.1, 0.15) is 25.8 Å². The van der Waals surface area contributed by atoms with E-state index in [-0.39, 0.29) is 11.5 Å². The molecule has 78 valence electrons. The van der Waals surface area contributed by atoms with Gasteiger partial charge in [-0.25, -0.2) is 4.39 Å². The monoisotopic (exact) mass is 213 g/mol. The maximum absolute atomic E-state index is 14.4. The highest BCUT2D eigenvalue weighted by atomic mass is 32.1. The molecule has 1 aliphatic rings. The van der Waals surface area contributed by atoms with Crippen LogP contribution in [0.4, 0.5) is 4.39 Å². The third-order valence-corrected chi connectivity index (χ3v) is 4.42. The Bertz CT molecular complexity index is 320. The highest BCUT2D eigenvalue weighted by Gasteiger charge is 2.59. The first kappa shape index (κ1) is 10.1. The molecule has 0 amide bonds. The molecule has 14 heavy (non-hydrogen) atoms. The van der Waals surface area contributed by atoms with Crippen LogP contribution in [-0.4, -0.2) is 11.7 Å². The number of hydrogen-bond acceptors (Lipinski definition) is 2. The van der Waals surface area contributed by atoms with Crippen LogP contribution in [-0.2, 0) is 6.42 Å². The zero-order valence-electron chi connectivity index (χ0n) is 8.59. The predicted molar refractivity (Wildman–Crippen MR) is 58.2 cm³/mol. The van der Waals surface area contributed by atoms with E-state index in [1.807, 2.05) is 30.7 Å². The molecule has 0 aromatic carbocycles. The van der Waals surface area contributed by atoms with Gasteiger partial charge in [0.25, 0.3) is 0 Å². The summed E-state index contributed by atoms with van der Waals surface area (Å²) in [4.78, 5) is 0. The molecule has 2 atom stereocenters. The van der Waals surface area contributed by atoms with E-state index in [9.17, 15) is 4.39 Å². The van der Waals surface area contributed by atoms with Crippen molar-refractivity contribution in [2.45, 2.75) is 38.4 Å². The van der Waals surface area contributed by atoms with Crippen molar-refractivity contribution in [3.8, 4) is 0 Å². The first-order valence-electron chi connectivity index (χ1n) is 4.91. The third kappa shape index (κ3) is 1.30. The molecule has 3 heteroatoms. The second kappa shape index (κ2) is 3.04. The van der Waals surface area contributed by atoms with Crippen molar-refractivity contribution in [1.29, 1.82) is 0 Å². The van der Waals surface area contributed by atoms with E-state index in [0.717, 1.165) is 5.56 Å². The Morgan fingerprint density at radius 1 is 1.64 bits per heavy atom. The average Bonchev–Trinajstić information content (AvgIpc) is 2.56. The molecule has 2 N–H and O–H groups in total. The number of alkyl halides is 1. The Hall–Kier alpha value is -0.410. The maximum Gasteiger partial charge on any atom is 0.123 e. The molecule has 2 rings (SSSR count). The molecule has 1 nitrogen and oxygen atoms in total. The van der Waals surface area contributed by atoms with Crippen LogP contribution in [0.15, 0.2) is 16.8 Å². The lowest BCUT2D eigenvalue weighted by Crippen LogP contribution is -2.65.